The SMILES string of the molecule is CCN(CCN(NC)C(=O)Nc1ccccn1)c1ccc(N2C[C@H](CNC(C)=O)OC2=O)cc1F. The molecule has 0 spiro atoms. The van der Waals surface area contributed by atoms with Crippen molar-refractivity contribution < 1.29 is 23.5 Å². The number of carbonyl (C=O) groups is 3. The summed E-state index contributed by atoms with van der Waals surface area (Å²) < 4.78 is 20.3. The number of hydrazine groups is 1. The van der Waals surface area contributed by atoms with Gasteiger partial charge in [-0.05, 0) is 37.3 Å². The number of hydrogen-bond donors (Lipinski definition) is 3. The van der Waals surface area contributed by atoms with Crippen LogP contribution in [0.2, 0.25) is 0 Å². The summed E-state index contributed by atoms with van der Waals surface area (Å²) in [4.78, 5) is 43.0. The molecule has 1 atom stereocenters. The maximum atomic E-state index is 15.1. The minimum atomic E-state index is -0.594. The number of pyridine rings is 1. The molecule has 11 nitrogen and oxygen atoms in total. The van der Waals surface area contributed by atoms with Gasteiger partial charge < -0.3 is 15.0 Å². The van der Waals surface area contributed by atoms with Gasteiger partial charge in [0.15, 0.2) is 0 Å². The molecule has 0 bridgehead atoms. The zero-order valence-corrected chi connectivity index (χ0v) is 20.0. The molecule has 1 aromatic heterocycles. The maximum Gasteiger partial charge on any atom is 0.414 e. The van der Waals surface area contributed by atoms with Gasteiger partial charge in [-0.1, -0.05) is 6.07 Å². The number of urea groups is 1. The van der Waals surface area contributed by atoms with E-state index in [0.29, 0.717) is 30.3 Å². The van der Waals surface area contributed by atoms with Gasteiger partial charge in [-0.15, -0.1) is 0 Å². The summed E-state index contributed by atoms with van der Waals surface area (Å²) in [6.45, 7) is 4.79. The van der Waals surface area contributed by atoms with Crippen LogP contribution in [0.25, 0.3) is 0 Å². The lowest BCUT2D eigenvalue weighted by atomic mass is 10.2. The number of nitrogens with zero attached hydrogens (tertiary/aromatic N) is 4. The number of ether oxygens (including phenoxy) is 1. The lowest BCUT2D eigenvalue weighted by Gasteiger charge is -2.28. The summed E-state index contributed by atoms with van der Waals surface area (Å²) in [5.41, 5.74) is 3.54. The van der Waals surface area contributed by atoms with Gasteiger partial charge in [0.05, 0.1) is 31.0 Å². The molecule has 2 aromatic rings. The minimum absolute atomic E-state index is 0.192. The molecule has 12 heteroatoms. The number of nitrogens with one attached hydrogen (secondary N) is 3. The van der Waals surface area contributed by atoms with E-state index >= 15 is 4.39 Å². The minimum Gasteiger partial charge on any atom is -0.442 e. The predicted octanol–water partition coefficient (Wildman–Crippen LogP) is 2.18. The molecule has 1 aliphatic heterocycles. The molecule has 1 fully saturated rings. The molecule has 2 heterocycles. The van der Waals surface area contributed by atoms with E-state index in [2.05, 4.69) is 21.0 Å². The predicted molar refractivity (Wildman–Crippen MR) is 130 cm³/mol. The number of benzene rings is 1. The van der Waals surface area contributed by atoms with Crippen molar-refractivity contribution in [3.05, 3.63) is 48.4 Å². The Labute approximate surface area is 203 Å². The molecule has 35 heavy (non-hydrogen) atoms. The van der Waals surface area contributed by atoms with Crippen molar-refractivity contribution in [1.29, 1.82) is 0 Å². The molecule has 0 aliphatic carbocycles. The van der Waals surface area contributed by atoms with Crippen LogP contribution in [0, 0.1) is 5.82 Å². The van der Waals surface area contributed by atoms with Crippen molar-refractivity contribution in [2.45, 2.75) is 20.0 Å². The molecule has 0 saturated carbocycles. The molecule has 4 amide bonds. The van der Waals surface area contributed by atoms with E-state index in [9.17, 15) is 14.4 Å². The highest BCUT2D eigenvalue weighted by atomic mass is 19.1. The first kappa shape index (κ1) is 25.7. The van der Waals surface area contributed by atoms with Crippen molar-refractivity contribution >= 4 is 35.2 Å². The van der Waals surface area contributed by atoms with Gasteiger partial charge in [0.2, 0.25) is 5.91 Å². The van der Waals surface area contributed by atoms with Gasteiger partial charge in [-0.2, -0.15) is 0 Å². The Morgan fingerprint density at radius 1 is 1.26 bits per heavy atom. The van der Waals surface area contributed by atoms with Gasteiger partial charge in [0.1, 0.15) is 17.7 Å². The molecule has 188 valence electrons. The Hall–Kier alpha value is -3.93. The average Bonchev–Trinajstić information content (AvgIpc) is 3.22. The van der Waals surface area contributed by atoms with Gasteiger partial charge in [0.25, 0.3) is 0 Å². The summed E-state index contributed by atoms with van der Waals surface area (Å²) in [5.74, 6) is -0.302. The first-order valence-electron chi connectivity index (χ1n) is 11.3. The summed E-state index contributed by atoms with van der Waals surface area (Å²) in [6, 6.07) is 9.33. The van der Waals surface area contributed by atoms with E-state index < -0.39 is 18.0 Å². The van der Waals surface area contributed by atoms with Crippen LogP contribution >= 0.6 is 0 Å². The molecule has 1 saturated heterocycles. The van der Waals surface area contributed by atoms with Gasteiger partial charge in [-0.25, -0.2) is 24.4 Å². The second kappa shape index (κ2) is 12.0. The Balaban J connectivity index is 1.62. The van der Waals surface area contributed by atoms with E-state index in [1.165, 1.54) is 22.9 Å². The summed E-state index contributed by atoms with van der Waals surface area (Å²) in [6.07, 6.45) is 0.477. The monoisotopic (exact) mass is 487 g/mol. The maximum absolute atomic E-state index is 15.1. The van der Waals surface area contributed by atoms with E-state index in [0.717, 1.165) is 0 Å². The van der Waals surface area contributed by atoms with Crippen LogP contribution in [0.4, 0.5) is 31.2 Å². The highest BCUT2D eigenvalue weighted by molar-refractivity contribution is 5.90. The number of aromatic nitrogens is 1. The third-order valence-corrected chi connectivity index (χ3v) is 5.43. The van der Waals surface area contributed by atoms with Gasteiger partial charge in [-0.3, -0.25) is 20.0 Å². The van der Waals surface area contributed by atoms with Crippen molar-refractivity contribution in [3.8, 4) is 0 Å². The third-order valence-electron chi connectivity index (χ3n) is 5.43. The smallest absolute Gasteiger partial charge is 0.414 e. The fraction of sp³-hybridized carbons (Fsp3) is 0.391. The summed E-state index contributed by atoms with van der Waals surface area (Å²) >= 11 is 0. The molecular weight excluding hydrogens is 457 g/mol. The third kappa shape index (κ3) is 6.79. The Bertz CT molecular complexity index is 1040. The number of likely N-dealkylation sites (N-methyl/N-ethyl adjacent to an activating group) is 1. The molecule has 1 aliphatic rings. The quantitative estimate of drug-likeness (QED) is 0.440. The number of amides is 4. The Kier molecular flexibility index (Phi) is 8.79. The fourth-order valence-electron chi connectivity index (χ4n) is 3.61. The first-order valence-corrected chi connectivity index (χ1v) is 11.3. The second-order valence-corrected chi connectivity index (χ2v) is 7.79. The normalized spacial score (nSPS) is 14.9. The van der Waals surface area contributed by atoms with Crippen LogP contribution in [-0.2, 0) is 9.53 Å². The number of hydrogen-bond acceptors (Lipinski definition) is 7. The molecule has 3 N–H and O–H groups in total. The van der Waals surface area contributed by atoms with E-state index in [-0.39, 0.29) is 31.6 Å². The summed E-state index contributed by atoms with van der Waals surface area (Å²) in [7, 11) is 1.62. The van der Waals surface area contributed by atoms with Crippen LogP contribution in [-0.4, -0.2) is 73.9 Å². The number of rotatable bonds is 10. The topological polar surface area (TPSA) is 119 Å². The standard InChI is InChI=1S/C23H30FN7O4/c1-4-29(11-12-31(25-3)22(33)28-21-7-5-6-10-26-21)20-9-8-17(13-19(20)24)30-15-18(35-23(30)34)14-27-16(2)32/h5-10,13,18,25H,4,11-12,14-15H2,1-3H3,(H,27,32)(H,26,28,33)/t18-/m0/s1. The van der Waals surface area contributed by atoms with Gasteiger partial charge in [0, 0.05) is 33.3 Å². The highest BCUT2D eigenvalue weighted by Crippen LogP contribution is 2.28. The number of halogens is 1. The van der Waals surface area contributed by atoms with Crippen molar-refractivity contribution in [1.82, 2.24) is 20.7 Å². The first-order chi connectivity index (χ1) is 16.8. The van der Waals surface area contributed by atoms with Crippen LogP contribution in [0.15, 0.2) is 42.6 Å². The largest absolute Gasteiger partial charge is 0.442 e. The molecular formula is C23H30FN7O4. The molecule has 3 rings (SSSR count). The molecule has 0 unspecified atom stereocenters. The zero-order valence-electron chi connectivity index (χ0n) is 20.0. The van der Waals surface area contributed by atoms with E-state index in [1.54, 1.807) is 48.5 Å². The number of cyclic esters (lactones) is 1. The zero-order chi connectivity index (χ0) is 25.4. The number of anilines is 3. The molecule has 0 radical (unpaired) electrons. The van der Waals surface area contributed by atoms with Crippen LogP contribution in [0.5, 0.6) is 0 Å². The number of carbonyl (C=O) groups excluding carboxylic acids is 3. The highest BCUT2D eigenvalue weighted by Gasteiger charge is 2.33. The molecule has 1 aromatic carbocycles. The van der Waals surface area contributed by atoms with Crippen LogP contribution < -0.4 is 25.9 Å². The fourth-order valence-corrected chi connectivity index (χ4v) is 3.61. The van der Waals surface area contributed by atoms with Crippen LogP contribution in [0.3, 0.4) is 0 Å². The lowest BCUT2D eigenvalue weighted by molar-refractivity contribution is -0.119. The van der Waals surface area contributed by atoms with Crippen molar-refractivity contribution in [2.75, 3.05) is 54.9 Å². The van der Waals surface area contributed by atoms with Crippen molar-refractivity contribution in [2.24, 2.45) is 0 Å². The average molecular weight is 488 g/mol. The van der Waals surface area contributed by atoms with E-state index in [1.807, 2.05) is 6.92 Å². The summed E-state index contributed by atoms with van der Waals surface area (Å²) in [5, 5.41) is 6.68. The second-order valence-electron chi connectivity index (χ2n) is 7.79. The Morgan fingerprint density at radius 3 is 2.69 bits per heavy atom. The van der Waals surface area contributed by atoms with Crippen LogP contribution in [0.1, 0.15) is 13.8 Å². The van der Waals surface area contributed by atoms with Crippen molar-refractivity contribution in [3.63, 3.8) is 0 Å². The Morgan fingerprint density at radius 2 is 2.06 bits per heavy atom. The van der Waals surface area contributed by atoms with Gasteiger partial charge >= 0.3 is 12.1 Å². The van der Waals surface area contributed by atoms with E-state index in [4.69, 9.17) is 4.74 Å². The lowest BCUT2D eigenvalue weighted by Crippen LogP contribution is -2.47.